The second-order valence-electron chi connectivity index (χ2n) is 4.79. The lowest BCUT2D eigenvalue weighted by molar-refractivity contribution is -0.384. The molecule has 7 heteroatoms. The number of rotatable bonds is 5. The second kappa shape index (κ2) is 7.23. The van der Waals surface area contributed by atoms with Crippen molar-refractivity contribution < 1.29 is 14.5 Å². The average molecular weight is 379 g/mol. The van der Waals surface area contributed by atoms with Crippen molar-refractivity contribution in [1.82, 2.24) is 0 Å². The summed E-state index contributed by atoms with van der Waals surface area (Å²) in [5.41, 5.74) is 1.60. The van der Waals surface area contributed by atoms with Crippen LogP contribution in [0.3, 0.4) is 0 Å². The van der Waals surface area contributed by atoms with Crippen LogP contribution in [0.25, 0.3) is 0 Å². The SMILES string of the molecule is CCOc1ccc(C(=O)Nc2ccc([N+](=O)[O-])cc2C)cc1Br. The molecule has 120 valence electrons. The number of hydrogen-bond acceptors (Lipinski definition) is 4. The minimum Gasteiger partial charge on any atom is -0.493 e. The summed E-state index contributed by atoms with van der Waals surface area (Å²) in [6.45, 7) is 4.12. The molecule has 23 heavy (non-hydrogen) atoms. The van der Waals surface area contributed by atoms with Gasteiger partial charge in [-0.25, -0.2) is 0 Å². The molecule has 2 aromatic carbocycles. The number of carbonyl (C=O) groups is 1. The Morgan fingerprint density at radius 3 is 2.61 bits per heavy atom. The number of nitrogens with one attached hydrogen (secondary N) is 1. The third kappa shape index (κ3) is 4.07. The van der Waals surface area contributed by atoms with Gasteiger partial charge in [0.1, 0.15) is 5.75 Å². The van der Waals surface area contributed by atoms with Gasteiger partial charge in [-0.15, -0.1) is 0 Å². The quantitative estimate of drug-likeness (QED) is 0.620. The Labute approximate surface area is 141 Å². The van der Waals surface area contributed by atoms with Gasteiger partial charge in [-0.2, -0.15) is 0 Å². The van der Waals surface area contributed by atoms with Crippen LogP contribution in [-0.4, -0.2) is 17.4 Å². The molecule has 1 amide bonds. The molecule has 0 bridgehead atoms. The van der Waals surface area contributed by atoms with Gasteiger partial charge in [0.25, 0.3) is 11.6 Å². The normalized spacial score (nSPS) is 10.2. The fourth-order valence-electron chi connectivity index (χ4n) is 2.01. The van der Waals surface area contributed by atoms with Crippen LogP contribution in [0.4, 0.5) is 11.4 Å². The van der Waals surface area contributed by atoms with Crippen molar-refractivity contribution in [2.24, 2.45) is 0 Å². The van der Waals surface area contributed by atoms with Crippen LogP contribution >= 0.6 is 15.9 Å². The van der Waals surface area contributed by atoms with Gasteiger partial charge in [0.05, 0.1) is 16.0 Å². The van der Waals surface area contributed by atoms with Gasteiger partial charge in [-0.05, 0) is 59.6 Å². The predicted molar refractivity (Wildman–Crippen MR) is 91.1 cm³/mol. The van der Waals surface area contributed by atoms with Gasteiger partial charge in [-0.1, -0.05) is 0 Å². The number of hydrogen-bond donors (Lipinski definition) is 1. The molecule has 0 unspecified atom stereocenters. The molecule has 0 atom stereocenters. The van der Waals surface area contributed by atoms with Crippen LogP contribution in [0, 0.1) is 17.0 Å². The van der Waals surface area contributed by atoms with Crippen molar-refractivity contribution in [3.63, 3.8) is 0 Å². The molecule has 6 nitrogen and oxygen atoms in total. The summed E-state index contributed by atoms with van der Waals surface area (Å²) in [7, 11) is 0. The van der Waals surface area contributed by atoms with Gasteiger partial charge in [-0.3, -0.25) is 14.9 Å². The van der Waals surface area contributed by atoms with E-state index in [1.54, 1.807) is 25.1 Å². The zero-order valence-corrected chi connectivity index (χ0v) is 14.2. The first kappa shape index (κ1) is 17.0. The van der Waals surface area contributed by atoms with E-state index in [0.717, 1.165) is 0 Å². The Morgan fingerprint density at radius 1 is 1.30 bits per heavy atom. The first-order valence-corrected chi connectivity index (χ1v) is 7.70. The smallest absolute Gasteiger partial charge is 0.269 e. The lowest BCUT2D eigenvalue weighted by atomic mass is 10.1. The topological polar surface area (TPSA) is 81.5 Å². The zero-order chi connectivity index (χ0) is 17.0. The molecule has 0 radical (unpaired) electrons. The molecular formula is C16H15BrN2O4. The lowest BCUT2D eigenvalue weighted by Crippen LogP contribution is -2.13. The van der Waals surface area contributed by atoms with Gasteiger partial charge in [0.15, 0.2) is 0 Å². The van der Waals surface area contributed by atoms with Gasteiger partial charge < -0.3 is 10.1 Å². The van der Waals surface area contributed by atoms with E-state index in [4.69, 9.17) is 4.74 Å². The van der Waals surface area contributed by atoms with E-state index < -0.39 is 4.92 Å². The lowest BCUT2D eigenvalue weighted by Gasteiger charge is -2.10. The number of nitrogens with zero attached hydrogens (tertiary/aromatic N) is 1. The van der Waals surface area contributed by atoms with Crippen molar-refractivity contribution in [1.29, 1.82) is 0 Å². The minimum absolute atomic E-state index is 0.00990. The molecule has 2 rings (SSSR count). The Balaban J connectivity index is 2.19. The molecule has 0 aliphatic carbocycles. The molecule has 0 fully saturated rings. The average Bonchev–Trinajstić information content (AvgIpc) is 2.51. The maximum atomic E-state index is 12.3. The molecule has 0 heterocycles. The second-order valence-corrected chi connectivity index (χ2v) is 5.64. The number of aryl methyl sites for hydroxylation is 1. The number of nitro benzene ring substituents is 1. The maximum Gasteiger partial charge on any atom is 0.269 e. The Morgan fingerprint density at radius 2 is 2.04 bits per heavy atom. The van der Waals surface area contributed by atoms with Crippen molar-refractivity contribution in [3.05, 3.63) is 62.1 Å². The highest BCUT2D eigenvalue weighted by atomic mass is 79.9. The third-order valence-electron chi connectivity index (χ3n) is 3.16. The number of ether oxygens (including phenoxy) is 1. The number of nitro groups is 1. The number of carbonyl (C=O) groups excluding carboxylic acids is 1. The molecular weight excluding hydrogens is 364 g/mol. The third-order valence-corrected chi connectivity index (χ3v) is 3.78. The zero-order valence-electron chi connectivity index (χ0n) is 12.6. The van der Waals surface area contributed by atoms with Crippen molar-refractivity contribution in [2.45, 2.75) is 13.8 Å². The standard InChI is InChI=1S/C16H15BrN2O4/c1-3-23-15-7-4-11(9-13(15)17)16(20)18-14-6-5-12(19(21)22)8-10(14)2/h4-9H,3H2,1-2H3,(H,18,20). The van der Waals surface area contributed by atoms with E-state index in [2.05, 4.69) is 21.2 Å². The molecule has 0 aliphatic heterocycles. The first-order chi connectivity index (χ1) is 10.9. The maximum absolute atomic E-state index is 12.3. The number of anilines is 1. The van der Waals surface area contributed by atoms with E-state index in [1.807, 2.05) is 6.92 Å². The Bertz CT molecular complexity index is 762. The minimum atomic E-state index is -0.470. The van der Waals surface area contributed by atoms with E-state index in [0.29, 0.717) is 33.6 Å². The number of amides is 1. The fraction of sp³-hybridized carbons (Fsp3) is 0.188. The van der Waals surface area contributed by atoms with E-state index >= 15 is 0 Å². The van der Waals surface area contributed by atoms with Gasteiger partial charge in [0.2, 0.25) is 0 Å². The van der Waals surface area contributed by atoms with Gasteiger partial charge in [0, 0.05) is 23.4 Å². The fourth-order valence-corrected chi connectivity index (χ4v) is 2.50. The van der Waals surface area contributed by atoms with Crippen LogP contribution in [0.5, 0.6) is 5.75 Å². The van der Waals surface area contributed by atoms with Crippen LogP contribution in [0.1, 0.15) is 22.8 Å². The van der Waals surface area contributed by atoms with Crippen LogP contribution in [-0.2, 0) is 0 Å². The number of halogens is 1. The predicted octanol–water partition coefficient (Wildman–Crippen LogP) is 4.32. The summed E-state index contributed by atoms with van der Waals surface area (Å²) in [6.07, 6.45) is 0. The highest BCUT2D eigenvalue weighted by Crippen LogP contribution is 2.27. The highest BCUT2D eigenvalue weighted by molar-refractivity contribution is 9.10. The monoisotopic (exact) mass is 378 g/mol. The van der Waals surface area contributed by atoms with E-state index in [9.17, 15) is 14.9 Å². The molecule has 0 aliphatic rings. The van der Waals surface area contributed by atoms with E-state index in [1.165, 1.54) is 18.2 Å². The van der Waals surface area contributed by atoms with Crippen LogP contribution in [0.2, 0.25) is 0 Å². The molecule has 0 spiro atoms. The Kier molecular flexibility index (Phi) is 5.33. The van der Waals surface area contributed by atoms with Crippen molar-refractivity contribution in [3.8, 4) is 5.75 Å². The summed E-state index contributed by atoms with van der Waals surface area (Å²) in [4.78, 5) is 22.6. The van der Waals surface area contributed by atoms with E-state index in [-0.39, 0.29) is 11.6 Å². The number of non-ortho nitro benzene ring substituents is 1. The molecule has 2 aromatic rings. The first-order valence-electron chi connectivity index (χ1n) is 6.91. The molecule has 0 aromatic heterocycles. The summed E-state index contributed by atoms with van der Waals surface area (Å²) in [6, 6.07) is 9.34. The molecule has 0 saturated carbocycles. The summed E-state index contributed by atoms with van der Waals surface area (Å²) >= 11 is 3.36. The van der Waals surface area contributed by atoms with Crippen LogP contribution < -0.4 is 10.1 Å². The largest absolute Gasteiger partial charge is 0.493 e. The van der Waals surface area contributed by atoms with Crippen molar-refractivity contribution >= 4 is 33.2 Å². The molecule has 0 saturated heterocycles. The number of benzene rings is 2. The van der Waals surface area contributed by atoms with Crippen LogP contribution in [0.15, 0.2) is 40.9 Å². The molecule has 1 N–H and O–H groups in total. The summed E-state index contributed by atoms with van der Waals surface area (Å²) in [5.74, 6) is 0.362. The summed E-state index contributed by atoms with van der Waals surface area (Å²) in [5, 5.41) is 13.5. The Hall–Kier alpha value is -2.41. The van der Waals surface area contributed by atoms with Gasteiger partial charge >= 0.3 is 0 Å². The summed E-state index contributed by atoms with van der Waals surface area (Å²) < 4.78 is 6.09. The van der Waals surface area contributed by atoms with Crippen molar-refractivity contribution in [2.75, 3.05) is 11.9 Å². The highest BCUT2D eigenvalue weighted by Gasteiger charge is 2.13.